The zero-order valence-electron chi connectivity index (χ0n) is 3.91. The molecule has 0 radical (unpaired) electrons. The van der Waals surface area contributed by atoms with E-state index in [4.69, 9.17) is 9.27 Å². The van der Waals surface area contributed by atoms with Crippen LogP contribution in [0.1, 0.15) is 0 Å². The van der Waals surface area contributed by atoms with Gasteiger partial charge in [-0.3, -0.25) is 0 Å². The Morgan fingerprint density at radius 1 is 1.12 bits per heavy atom. The first kappa shape index (κ1) is 9.45. The molecular weight excluding hydrogens is 304 g/mol. The molecule has 0 aliphatic carbocycles. The summed E-state index contributed by atoms with van der Waals surface area (Å²) in [5.41, 5.74) is 0. The molecule has 0 aliphatic rings. The van der Waals surface area contributed by atoms with E-state index in [0.717, 1.165) is 0 Å². The van der Waals surface area contributed by atoms with Gasteiger partial charge in [0.2, 0.25) is 0 Å². The minimum absolute atomic E-state index is 0.139. The minimum Gasteiger partial charge on any atom is -0.214 e. The molecule has 0 heterocycles. The molecule has 0 N–H and O–H groups in total. The summed E-state index contributed by atoms with van der Waals surface area (Å²) in [6.07, 6.45) is 0. The van der Waals surface area contributed by atoms with Gasteiger partial charge in [-0.25, -0.2) is 12.1 Å². The van der Waals surface area contributed by atoms with Gasteiger partial charge < -0.3 is 0 Å². The molecule has 1 aromatic rings. The SMILES string of the molecule is [Cl][Yb][Cl].c1cc[cH-]c1. The number of hydrogen-bond donors (Lipinski definition) is 0. The van der Waals surface area contributed by atoms with Gasteiger partial charge >= 0.3 is 48.2 Å². The Labute approximate surface area is 76.9 Å². The largest absolute Gasteiger partial charge is 0.214 e. The molecule has 0 aliphatic heterocycles. The van der Waals surface area contributed by atoms with Crippen LogP contribution >= 0.6 is 9.27 Å². The van der Waals surface area contributed by atoms with Crippen LogP contribution in [0.3, 0.4) is 0 Å². The Morgan fingerprint density at radius 3 is 1.62 bits per heavy atom. The Hall–Kier alpha value is 1.45. The molecule has 0 spiro atoms. The topological polar surface area (TPSA) is 0 Å². The van der Waals surface area contributed by atoms with Crippen LogP contribution in [-0.2, 0) is 0 Å². The Morgan fingerprint density at radius 2 is 1.50 bits per heavy atom. The van der Waals surface area contributed by atoms with Crippen LogP contribution in [-0.4, -0.2) is 0 Å². The van der Waals surface area contributed by atoms with Crippen molar-refractivity contribution in [3.8, 4) is 0 Å². The van der Waals surface area contributed by atoms with Crippen molar-refractivity contribution in [1.82, 2.24) is 0 Å². The molecule has 1 rings (SSSR count). The van der Waals surface area contributed by atoms with Crippen molar-refractivity contribution in [3.63, 3.8) is 0 Å². The molecule has 3 heteroatoms. The first-order chi connectivity index (χ1) is 3.91. The van der Waals surface area contributed by atoms with Crippen molar-refractivity contribution in [1.29, 1.82) is 0 Å². The van der Waals surface area contributed by atoms with Gasteiger partial charge in [0.25, 0.3) is 0 Å². The Balaban J connectivity index is 0.000000145. The van der Waals surface area contributed by atoms with Crippen molar-refractivity contribution in [3.05, 3.63) is 30.3 Å². The second-order valence-electron chi connectivity index (χ2n) is 1.00. The third-order valence-electron chi connectivity index (χ3n) is 0.556. The van der Waals surface area contributed by atoms with E-state index in [1.54, 1.807) is 0 Å². The number of hydrogen-bond acceptors (Lipinski definition) is 0. The molecule has 0 saturated heterocycles. The van der Waals surface area contributed by atoms with Crippen LogP contribution in [0.5, 0.6) is 0 Å². The molecule has 8 heavy (non-hydrogen) atoms. The van der Waals surface area contributed by atoms with Gasteiger partial charge in [0.15, 0.2) is 0 Å². The van der Waals surface area contributed by atoms with E-state index >= 15 is 0 Å². The van der Waals surface area contributed by atoms with E-state index in [-0.39, 0.29) is 38.9 Å². The van der Waals surface area contributed by atoms with Crippen LogP contribution in [0.15, 0.2) is 30.3 Å². The summed E-state index contributed by atoms with van der Waals surface area (Å²) < 4.78 is 9.64. The second-order valence-corrected chi connectivity index (χ2v) is 3.51. The van der Waals surface area contributed by atoms with Crippen molar-refractivity contribution in [2.24, 2.45) is 0 Å². The molecule has 0 nitrogen and oxygen atoms in total. The molecule has 54 valence electrons. The molecule has 0 saturated carbocycles. The summed E-state index contributed by atoms with van der Waals surface area (Å²) >= 11 is -0.139. The number of rotatable bonds is 0. The third kappa shape index (κ3) is 7.45. The smallest absolute Gasteiger partial charge is 0.172 e. The molecule has 0 aromatic heterocycles. The fourth-order valence-electron chi connectivity index (χ4n) is 0.321. The molecular formula is C5H5Cl2Yb-. The van der Waals surface area contributed by atoms with E-state index in [9.17, 15) is 0 Å². The summed E-state index contributed by atoms with van der Waals surface area (Å²) in [5.74, 6) is 0. The summed E-state index contributed by atoms with van der Waals surface area (Å²) in [6.45, 7) is 0. The minimum atomic E-state index is -0.139. The Kier molecular flexibility index (Phi) is 9.98. The van der Waals surface area contributed by atoms with Crippen LogP contribution in [0.4, 0.5) is 0 Å². The fourth-order valence-corrected chi connectivity index (χ4v) is 0.321. The summed E-state index contributed by atoms with van der Waals surface area (Å²) in [7, 11) is 0. The van der Waals surface area contributed by atoms with Gasteiger partial charge in [-0.15, -0.1) is 0 Å². The first-order valence-electron chi connectivity index (χ1n) is 1.87. The second kappa shape index (κ2) is 8.45. The third-order valence-corrected chi connectivity index (χ3v) is 0.556. The van der Waals surface area contributed by atoms with Crippen molar-refractivity contribution in [2.75, 3.05) is 0 Å². The predicted molar refractivity (Wildman–Crippen MR) is 33.7 cm³/mol. The van der Waals surface area contributed by atoms with Crippen molar-refractivity contribution < 1.29 is 38.9 Å². The van der Waals surface area contributed by atoms with Crippen LogP contribution < -0.4 is 0 Å². The zero-order valence-corrected chi connectivity index (χ0v) is 7.14. The van der Waals surface area contributed by atoms with Gasteiger partial charge in [0.1, 0.15) is 0 Å². The average Bonchev–Trinajstić information content (AvgIpc) is 2.17. The van der Waals surface area contributed by atoms with Gasteiger partial charge in [-0.05, 0) is 0 Å². The monoisotopic (exact) mass is 309 g/mol. The van der Waals surface area contributed by atoms with E-state index in [1.807, 2.05) is 30.3 Å². The van der Waals surface area contributed by atoms with Crippen LogP contribution in [0.25, 0.3) is 0 Å². The van der Waals surface area contributed by atoms with E-state index < -0.39 is 0 Å². The quantitative estimate of drug-likeness (QED) is 0.647. The van der Waals surface area contributed by atoms with Crippen LogP contribution in [0, 0.1) is 38.9 Å². The fraction of sp³-hybridized carbons (Fsp3) is 0. The van der Waals surface area contributed by atoms with E-state index in [0.29, 0.717) is 0 Å². The van der Waals surface area contributed by atoms with Gasteiger partial charge in [0.05, 0.1) is 0 Å². The van der Waals surface area contributed by atoms with Gasteiger partial charge in [-0.1, -0.05) is 0 Å². The zero-order chi connectivity index (χ0) is 6.24. The van der Waals surface area contributed by atoms with Crippen molar-refractivity contribution in [2.45, 2.75) is 0 Å². The normalized spacial score (nSPS) is 7.75. The summed E-state index contributed by atoms with van der Waals surface area (Å²) in [4.78, 5) is 0. The van der Waals surface area contributed by atoms with Gasteiger partial charge in [0, 0.05) is 0 Å². The first-order valence-corrected chi connectivity index (χ1v) is 6.16. The molecule has 0 unspecified atom stereocenters. The van der Waals surface area contributed by atoms with Gasteiger partial charge in [-0.2, -0.15) is 18.2 Å². The van der Waals surface area contributed by atoms with E-state index in [2.05, 4.69) is 0 Å². The average molecular weight is 309 g/mol. The maximum absolute atomic E-state index is 4.82. The van der Waals surface area contributed by atoms with E-state index in [1.165, 1.54) is 0 Å². The molecule has 0 atom stereocenters. The molecule has 0 amide bonds. The van der Waals surface area contributed by atoms with Crippen LogP contribution in [0.2, 0.25) is 0 Å². The predicted octanol–water partition coefficient (Wildman–Crippen LogP) is 2.78. The summed E-state index contributed by atoms with van der Waals surface area (Å²) in [5, 5.41) is 0. The standard InChI is InChI=1S/C5H5.2ClH.Yb/c1-2-4-5-3-1;;;/h1-5H;2*1H;/q-1;;;+2/p-2. The van der Waals surface area contributed by atoms with Crippen molar-refractivity contribution >= 4 is 9.27 Å². The maximum Gasteiger partial charge on any atom is -0.172 e. The molecule has 1 aromatic carbocycles. The molecule has 0 fully saturated rings. The number of halogens is 2. The molecule has 0 bridgehead atoms. The Bertz CT molecular complexity index is 77.3. The maximum atomic E-state index is 4.82. The summed E-state index contributed by atoms with van der Waals surface area (Å²) in [6, 6.07) is 10.0.